The van der Waals surface area contributed by atoms with E-state index < -0.39 is 30.8 Å². The Labute approximate surface area is 97.0 Å². The van der Waals surface area contributed by atoms with E-state index in [1.807, 2.05) is 0 Å². The third-order valence-corrected chi connectivity index (χ3v) is 3.17. The molecule has 7 heteroatoms. The number of alkyl halides is 1. The second kappa shape index (κ2) is 4.31. The molecular weight excluding hydrogens is 231 g/mol. The minimum atomic E-state index is -2.43. The largest absolute Gasteiger partial charge is 0.478 e. The van der Waals surface area contributed by atoms with Crippen LogP contribution in [0.4, 0.5) is 4.39 Å². The molecule has 0 radical (unpaired) electrons. The Morgan fingerprint density at radius 3 is 2.76 bits per heavy atom. The molecule has 2 unspecified atom stereocenters. The molecule has 2 saturated heterocycles. The molecule has 0 aromatic carbocycles. The van der Waals surface area contributed by atoms with Gasteiger partial charge in [-0.05, 0) is 19.3 Å². The highest BCUT2D eigenvalue weighted by atomic mass is 19.1. The molecule has 6 nitrogen and oxygen atoms in total. The number of piperidine rings is 1. The summed E-state index contributed by atoms with van der Waals surface area (Å²) in [5.41, 5.74) is 0. The van der Waals surface area contributed by atoms with Crippen LogP contribution in [0.1, 0.15) is 19.3 Å². The summed E-state index contributed by atoms with van der Waals surface area (Å²) in [7, 11) is 0. The number of fused-ring (bicyclic) bond motifs is 1. The molecule has 0 aliphatic carbocycles. The third kappa shape index (κ3) is 1.96. The van der Waals surface area contributed by atoms with Crippen molar-refractivity contribution in [2.45, 2.75) is 31.6 Å². The lowest BCUT2D eigenvalue weighted by molar-refractivity contribution is -0.171. The summed E-state index contributed by atoms with van der Waals surface area (Å²) in [5, 5.41) is 8.54. The summed E-state index contributed by atoms with van der Waals surface area (Å²) in [6.07, 6.45) is -0.339. The number of halogens is 1. The molecule has 2 amide bonds. The molecule has 2 aliphatic heterocycles. The van der Waals surface area contributed by atoms with E-state index in [1.54, 1.807) is 0 Å². The van der Waals surface area contributed by atoms with Crippen molar-refractivity contribution in [3.05, 3.63) is 0 Å². The monoisotopic (exact) mass is 244 g/mol. The van der Waals surface area contributed by atoms with Gasteiger partial charge < -0.3 is 10.0 Å². The predicted molar refractivity (Wildman–Crippen MR) is 53.6 cm³/mol. The molecule has 0 saturated carbocycles. The number of hydrogen-bond acceptors (Lipinski definition) is 3. The maximum atomic E-state index is 13.3. The van der Waals surface area contributed by atoms with Gasteiger partial charge in [0.1, 0.15) is 12.6 Å². The van der Waals surface area contributed by atoms with E-state index in [4.69, 9.17) is 5.11 Å². The Hall–Kier alpha value is -1.66. The van der Waals surface area contributed by atoms with Crippen molar-refractivity contribution in [2.24, 2.45) is 0 Å². The SMILES string of the molecule is O=C(O)C(F)N1CC(=O)N2CCCCC2C1=O. The van der Waals surface area contributed by atoms with E-state index in [1.165, 1.54) is 4.90 Å². The van der Waals surface area contributed by atoms with Gasteiger partial charge in [-0.1, -0.05) is 0 Å². The zero-order valence-electron chi connectivity index (χ0n) is 9.13. The van der Waals surface area contributed by atoms with E-state index in [9.17, 15) is 18.8 Å². The van der Waals surface area contributed by atoms with E-state index in [-0.39, 0.29) is 5.91 Å². The number of nitrogens with zero attached hydrogens (tertiary/aromatic N) is 2. The first-order valence-electron chi connectivity index (χ1n) is 5.49. The molecule has 0 aromatic heterocycles. The van der Waals surface area contributed by atoms with Crippen LogP contribution in [0.3, 0.4) is 0 Å². The molecule has 2 rings (SSSR count). The molecule has 2 atom stereocenters. The summed E-state index contributed by atoms with van der Waals surface area (Å²) in [6.45, 7) is 0.00983. The van der Waals surface area contributed by atoms with Crippen LogP contribution in [0, 0.1) is 0 Å². The number of carbonyl (C=O) groups excluding carboxylic acids is 2. The van der Waals surface area contributed by atoms with Crippen LogP contribution in [-0.4, -0.2) is 58.1 Å². The Bertz CT molecular complexity index is 373. The number of carboxylic acid groups (broad SMARTS) is 1. The van der Waals surface area contributed by atoms with Crippen LogP contribution < -0.4 is 0 Å². The second-order valence-electron chi connectivity index (χ2n) is 4.24. The average Bonchev–Trinajstić information content (AvgIpc) is 2.33. The summed E-state index contributed by atoms with van der Waals surface area (Å²) < 4.78 is 13.3. The van der Waals surface area contributed by atoms with Gasteiger partial charge in [0.05, 0.1) is 0 Å². The fraction of sp³-hybridized carbons (Fsp3) is 0.700. The first-order valence-corrected chi connectivity index (χ1v) is 5.49. The highest BCUT2D eigenvalue weighted by molar-refractivity contribution is 5.96. The lowest BCUT2D eigenvalue weighted by Crippen LogP contribution is -2.63. The van der Waals surface area contributed by atoms with Crippen LogP contribution in [0.2, 0.25) is 0 Å². The number of piperazine rings is 1. The Kier molecular flexibility index (Phi) is 2.99. The molecule has 2 heterocycles. The highest BCUT2D eigenvalue weighted by Crippen LogP contribution is 2.24. The average molecular weight is 244 g/mol. The van der Waals surface area contributed by atoms with Crippen LogP contribution >= 0.6 is 0 Å². The summed E-state index contributed by atoms with van der Waals surface area (Å²) in [6, 6.07) is -0.678. The first-order chi connectivity index (χ1) is 8.02. The van der Waals surface area contributed by atoms with Crippen LogP contribution in [0.25, 0.3) is 0 Å². The number of aliphatic carboxylic acids is 1. The maximum Gasteiger partial charge on any atom is 0.359 e. The predicted octanol–water partition coefficient (Wildman–Crippen LogP) is -0.410. The fourth-order valence-corrected chi connectivity index (χ4v) is 2.32. The number of amides is 2. The Morgan fingerprint density at radius 1 is 1.41 bits per heavy atom. The van der Waals surface area contributed by atoms with Crippen molar-refractivity contribution in [1.29, 1.82) is 0 Å². The van der Waals surface area contributed by atoms with Crippen LogP contribution in [-0.2, 0) is 14.4 Å². The second-order valence-corrected chi connectivity index (χ2v) is 4.24. The summed E-state index contributed by atoms with van der Waals surface area (Å²) in [4.78, 5) is 36.0. The normalized spacial score (nSPS) is 26.8. The van der Waals surface area contributed by atoms with Gasteiger partial charge in [-0.25, -0.2) is 9.18 Å². The van der Waals surface area contributed by atoms with Crippen molar-refractivity contribution in [3.63, 3.8) is 0 Å². The van der Waals surface area contributed by atoms with Gasteiger partial charge in [-0.2, -0.15) is 0 Å². The lowest BCUT2D eigenvalue weighted by Gasteiger charge is -2.42. The fourth-order valence-electron chi connectivity index (χ4n) is 2.32. The molecule has 2 aliphatic rings. The molecular formula is C10H13FN2O4. The molecule has 0 aromatic rings. The third-order valence-electron chi connectivity index (χ3n) is 3.17. The van der Waals surface area contributed by atoms with E-state index in [0.29, 0.717) is 17.9 Å². The smallest absolute Gasteiger partial charge is 0.359 e. The van der Waals surface area contributed by atoms with Gasteiger partial charge >= 0.3 is 5.97 Å². The van der Waals surface area contributed by atoms with Gasteiger partial charge in [0, 0.05) is 6.54 Å². The van der Waals surface area contributed by atoms with Crippen LogP contribution in [0.15, 0.2) is 0 Å². The molecule has 0 bridgehead atoms. The van der Waals surface area contributed by atoms with Gasteiger partial charge in [0.25, 0.3) is 6.30 Å². The standard InChI is InChI=1S/C10H13FN2O4/c11-8(10(16)17)13-5-7(14)12-4-2-1-3-6(12)9(13)15/h6,8H,1-5H2,(H,16,17). The lowest BCUT2D eigenvalue weighted by atomic mass is 9.98. The summed E-state index contributed by atoms with van der Waals surface area (Å²) in [5.74, 6) is -2.71. The minimum absolute atomic E-state index is 0.377. The minimum Gasteiger partial charge on any atom is -0.478 e. The van der Waals surface area contributed by atoms with Crippen molar-refractivity contribution in [2.75, 3.05) is 13.1 Å². The topological polar surface area (TPSA) is 77.9 Å². The summed E-state index contributed by atoms with van der Waals surface area (Å²) >= 11 is 0. The van der Waals surface area contributed by atoms with Gasteiger partial charge in [0.15, 0.2) is 0 Å². The molecule has 94 valence electrons. The maximum absolute atomic E-state index is 13.3. The van der Waals surface area contributed by atoms with E-state index in [0.717, 1.165) is 12.8 Å². The van der Waals surface area contributed by atoms with E-state index in [2.05, 4.69) is 0 Å². The zero-order chi connectivity index (χ0) is 12.6. The van der Waals surface area contributed by atoms with Crippen LogP contribution in [0.5, 0.6) is 0 Å². The van der Waals surface area contributed by atoms with Crippen molar-refractivity contribution in [1.82, 2.24) is 9.80 Å². The number of carboxylic acids is 1. The number of rotatable bonds is 2. The molecule has 17 heavy (non-hydrogen) atoms. The Morgan fingerprint density at radius 2 is 2.12 bits per heavy atom. The van der Waals surface area contributed by atoms with E-state index >= 15 is 0 Å². The Balaban J connectivity index is 2.19. The van der Waals surface area contributed by atoms with Crippen molar-refractivity contribution >= 4 is 17.8 Å². The number of carbonyl (C=O) groups is 3. The molecule has 2 fully saturated rings. The molecule has 1 N–H and O–H groups in total. The number of hydrogen-bond donors (Lipinski definition) is 1. The van der Waals surface area contributed by atoms with Crippen molar-refractivity contribution in [3.8, 4) is 0 Å². The van der Waals surface area contributed by atoms with Gasteiger partial charge in [-0.15, -0.1) is 0 Å². The van der Waals surface area contributed by atoms with Crippen molar-refractivity contribution < 1.29 is 23.9 Å². The van der Waals surface area contributed by atoms with Gasteiger partial charge in [0.2, 0.25) is 11.8 Å². The zero-order valence-corrected chi connectivity index (χ0v) is 9.13. The first kappa shape index (κ1) is 11.8. The van der Waals surface area contributed by atoms with Gasteiger partial charge in [-0.3, -0.25) is 14.5 Å². The molecule has 0 spiro atoms. The highest BCUT2D eigenvalue weighted by Gasteiger charge is 2.44. The quantitative estimate of drug-likeness (QED) is 0.670.